The van der Waals surface area contributed by atoms with Crippen LogP contribution in [0, 0.1) is 0 Å². The van der Waals surface area contributed by atoms with Gasteiger partial charge in [-0.15, -0.1) is 11.3 Å². The third-order valence-corrected chi connectivity index (χ3v) is 5.08. The number of nitrogens with two attached hydrogens (primary N) is 1. The van der Waals surface area contributed by atoms with Gasteiger partial charge in [-0.05, 0) is 23.6 Å². The number of nitrogens with zero attached hydrogens (tertiary/aromatic N) is 1. The summed E-state index contributed by atoms with van der Waals surface area (Å²) in [6.45, 7) is 0. The topological polar surface area (TPSA) is 105 Å². The van der Waals surface area contributed by atoms with Crippen molar-refractivity contribution >= 4 is 32.9 Å². The molecule has 0 atom stereocenters. The summed E-state index contributed by atoms with van der Waals surface area (Å²) >= 11 is 1.11. The zero-order valence-electron chi connectivity index (χ0n) is 9.65. The monoisotopic (exact) mass is 297 g/mol. The maximum absolute atomic E-state index is 12.1. The SMILES string of the molecule is N/C(=N/O)c1ccccc1NS(=O)(=O)c1cccs1. The Balaban J connectivity index is 2.40. The van der Waals surface area contributed by atoms with Crippen molar-refractivity contribution in [3.05, 3.63) is 47.3 Å². The number of benzene rings is 1. The van der Waals surface area contributed by atoms with Crippen LogP contribution in [0.25, 0.3) is 0 Å². The normalized spacial score (nSPS) is 12.3. The Morgan fingerprint density at radius 2 is 2.00 bits per heavy atom. The maximum atomic E-state index is 12.1. The van der Waals surface area contributed by atoms with E-state index in [-0.39, 0.29) is 15.7 Å². The Morgan fingerprint density at radius 3 is 2.63 bits per heavy atom. The molecule has 0 saturated carbocycles. The lowest BCUT2D eigenvalue weighted by Gasteiger charge is -2.10. The second kappa shape index (κ2) is 5.29. The van der Waals surface area contributed by atoms with Crippen molar-refractivity contribution < 1.29 is 13.6 Å². The molecule has 0 saturated heterocycles. The molecule has 0 unspecified atom stereocenters. The minimum Gasteiger partial charge on any atom is -0.409 e. The van der Waals surface area contributed by atoms with Crippen LogP contribution in [0.4, 0.5) is 5.69 Å². The van der Waals surface area contributed by atoms with Crippen LogP contribution in [-0.4, -0.2) is 19.5 Å². The smallest absolute Gasteiger partial charge is 0.271 e. The van der Waals surface area contributed by atoms with Crippen LogP contribution >= 0.6 is 11.3 Å². The lowest BCUT2D eigenvalue weighted by atomic mass is 10.2. The fourth-order valence-corrected chi connectivity index (χ4v) is 3.53. The van der Waals surface area contributed by atoms with E-state index in [1.807, 2.05) is 0 Å². The number of para-hydroxylation sites is 1. The van der Waals surface area contributed by atoms with Gasteiger partial charge in [0.15, 0.2) is 5.84 Å². The largest absolute Gasteiger partial charge is 0.409 e. The number of thiophene rings is 1. The zero-order valence-corrected chi connectivity index (χ0v) is 11.3. The van der Waals surface area contributed by atoms with E-state index in [0.717, 1.165) is 11.3 Å². The van der Waals surface area contributed by atoms with E-state index in [4.69, 9.17) is 10.9 Å². The summed E-state index contributed by atoms with van der Waals surface area (Å²) < 4.78 is 26.8. The van der Waals surface area contributed by atoms with Gasteiger partial charge in [0, 0.05) is 5.56 Å². The average Bonchev–Trinajstić information content (AvgIpc) is 2.93. The fourth-order valence-electron chi connectivity index (χ4n) is 1.46. The first-order chi connectivity index (χ1) is 9.04. The number of anilines is 1. The fraction of sp³-hybridized carbons (Fsp3) is 0. The first kappa shape index (κ1) is 13.4. The van der Waals surface area contributed by atoms with Gasteiger partial charge < -0.3 is 10.9 Å². The lowest BCUT2D eigenvalue weighted by Crippen LogP contribution is -2.18. The summed E-state index contributed by atoms with van der Waals surface area (Å²) in [6.07, 6.45) is 0. The Labute approximate surface area is 114 Å². The van der Waals surface area contributed by atoms with Gasteiger partial charge in [0.1, 0.15) is 4.21 Å². The average molecular weight is 297 g/mol. The van der Waals surface area contributed by atoms with Crippen molar-refractivity contribution in [1.82, 2.24) is 0 Å². The maximum Gasteiger partial charge on any atom is 0.271 e. The molecule has 0 radical (unpaired) electrons. The summed E-state index contributed by atoms with van der Waals surface area (Å²) in [5.41, 5.74) is 6.07. The Morgan fingerprint density at radius 1 is 1.26 bits per heavy atom. The van der Waals surface area contributed by atoms with E-state index < -0.39 is 10.0 Å². The quantitative estimate of drug-likeness (QED) is 0.345. The van der Waals surface area contributed by atoms with Crippen LogP contribution in [0.15, 0.2) is 51.1 Å². The number of nitrogens with one attached hydrogen (secondary N) is 1. The molecule has 0 aliphatic carbocycles. The molecule has 1 heterocycles. The van der Waals surface area contributed by atoms with Crippen molar-refractivity contribution in [2.24, 2.45) is 10.9 Å². The van der Waals surface area contributed by atoms with E-state index in [0.29, 0.717) is 5.56 Å². The second-order valence-corrected chi connectivity index (χ2v) is 6.43. The molecule has 0 bridgehead atoms. The van der Waals surface area contributed by atoms with Crippen LogP contribution in [0.3, 0.4) is 0 Å². The lowest BCUT2D eigenvalue weighted by molar-refractivity contribution is 0.318. The minimum absolute atomic E-state index is 0.163. The van der Waals surface area contributed by atoms with Crippen LogP contribution < -0.4 is 10.5 Å². The summed E-state index contributed by atoms with van der Waals surface area (Å²) in [4.78, 5) is 0. The minimum atomic E-state index is -3.66. The van der Waals surface area contributed by atoms with Crippen LogP contribution in [-0.2, 0) is 10.0 Å². The molecular formula is C11H11N3O3S2. The van der Waals surface area contributed by atoms with E-state index >= 15 is 0 Å². The van der Waals surface area contributed by atoms with Gasteiger partial charge in [0.25, 0.3) is 10.0 Å². The predicted octanol–water partition coefficient (Wildman–Crippen LogP) is 1.64. The van der Waals surface area contributed by atoms with E-state index in [1.165, 1.54) is 6.07 Å². The predicted molar refractivity (Wildman–Crippen MR) is 74.1 cm³/mol. The third kappa shape index (κ3) is 2.85. The van der Waals surface area contributed by atoms with Crippen molar-refractivity contribution in [2.45, 2.75) is 4.21 Å². The number of rotatable bonds is 4. The molecule has 1 aromatic carbocycles. The Kier molecular flexibility index (Phi) is 3.72. The molecule has 2 rings (SSSR count). The van der Waals surface area contributed by atoms with E-state index in [1.54, 1.807) is 35.7 Å². The molecule has 0 aliphatic heterocycles. The highest BCUT2D eigenvalue weighted by Crippen LogP contribution is 2.22. The Bertz CT molecular complexity index is 694. The van der Waals surface area contributed by atoms with Crippen molar-refractivity contribution in [1.29, 1.82) is 0 Å². The van der Waals surface area contributed by atoms with Gasteiger partial charge in [-0.1, -0.05) is 23.4 Å². The van der Waals surface area contributed by atoms with Gasteiger partial charge in [-0.25, -0.2) is 8.42 Å². The number of hydrogen-bond acceptors (Lipinski definition) is 5. The number of oxime groups is 1. The van der Waals surface area contributed by atoms with Crippen LogP contribution in [0.5, 0.6) is 0 Å². The van der Waals surface area contributed by atoms with E-state index in [2.05, 4.69) is 9.88 Å². The highest BCUT2D eigenvalue weighted by molar-refractivity contribution is 7.94. The first-order valence-electron chi connectivity index (χ1n) is 5.18. The molecule has 0 spiro atoms. The molecule has 0 amide bonds. The highest BCUT2D eigenvalue weighted by atomic mass is 32.2. The van der Waals surface area contributed by atoms with Crippen molar-refractivity contribution in [2.75, 3.05) is 4.72 Å². The van der Waals surface area contributed by atoms with Gasteiger partial charge in [0.05, 0.1) is 5.69 Å². The summed E-state index contributed by atoms with van der Waals surface area (Å²) in [5, 5.41) is 13.2. The van der Waals surface area contributed by atoms with Gasteiger partial charge >= 0.3 is 0 Å². The van der Waals surface area contributed by atoms with Crippen LogP contribution in [0.2, 0.25) is 0 Å². The van der Waals surface area contributed by atoms with Gasteiger partial charge in [0.2, 0.25) is 0 Å². The summed E-state index contributed by atoms with van der Waals surface area (Å²) in [6, 6.07) is 9.56. The molecule has 0 fully saturated rings. The summed E-state index contributed by atoms with van der Waals surface area (Å²) in [7, 11) is -3.66. The van der Waals surface area contributed by atoms with Gasteiger partial charge in [-0.3, -0.25) is 4.72 Å². The molecule has 19 heavy (non-hydrogen) atoms. The standard InChI is InChI=1S/C11H11N3O3S2/c12-11(13-15)8-4-1-2-5-9(8)14-19(16,17)10-6-3-7-18-10/h1-7,14-15H,(H2,12,13). The van der Waals surface area contributed by atoms with Crippen molar-refractivity contribution in [3.8, 4) is 0 Å². The number of hydrogen-bond donors (Lipinski definition) is 3. The molecule has 100 valence electrons. The van der Waals surface area contributed by atoms with E-state index in [9.17, 15) is 8.42 Å². The molecular weight excluding hydrogens is 286 g/mol. The molecule has 8 heteroatoms. The molecule has 0 aliphatic rings. The highest BCUT2D eigenvalue weighted by Gasteiger charge is 2.17. The zero-order chi connectivity index (χ0) is 13.9. The third-order valence-electron chi connectivity index (χ3n) is 2.32. The van der Waals surface area contributed by atoms with Crippen molar-refractivity contribution in [3.63, 3.8) is 0 Å². The number of amidine groups is 1. The number of sulfonamides is 1. The molecule has 2 aromatic rings. The Hall–Kier alpha value is -2.06. The molecule has 6 nitrogen and oxygen atoms in total. The van der Waals surface area contributed by atoms with Crippen LogP contribution in [0.1, 0.15) is 5.56 Å². The molecule has 1 aromatic heterocycles. The second-order valence-electron chi connectivity index (χ2n) is 3.57. The summed E-state index contributed by atoms with van der Waals surface area (Å²) in [5.74, 6) is -0.163. The molecule has 4 N–H and O–H groups in total. The first-order valence-corrected chi connectivity index (χ1v) is 7.54. The van der Waals surface area contributed by atoms with Gasteiger partial charge in [-0.2, -0.15) is 0 Å².